The fourth-order valence-corrected chi connectivity index (χ4v) is 4.37. The lowest BCUT2D eigenvalue weighted by Gasteiger charge is -2.27. The van der Waals surface area contributed by atoms with Gasteiger partial charge in [0.15, 0.2) is 0 Å². The molecule has 0 aromatic carbocycles. The first kappa shape index (κ1) is 12.2. The molecule has 0 nitrogen and oxygen atoms in total. The third kappa shape index (κ3) is 1.90. The molecule has 4 rings (SSSR count). The lowest BCUT2D eigenvalue weighted by Crippen LogP contribution is -2.18. The van der Waals surface area contributed by atoms with Crippen molar-refractivity contribution in [2.45, 2.75) is 32.1 Å². The van der Waals surface area contributed by atoms with Crippen LogP contribution in [0.2, 0.25) is 0 Å². The second-order valence-electron chi connectivity index (χ2n) is 6.35. The summed E-state index contributed by atoms with van der Waals surface area (Å²) >= 11 is 0. The van der Waals surface area contributed by atoms with Gasteiger partial charge in [0, 0.05) is 11.8 Å². The quantitative estimate of drug-likeness (QED) is 0.520. The maximum absolute atomic E-state index is 2.52. The van der Waals surface area contributed by atoms with Crippen molar-refractivity contribution in [1.82, 2.24) is 0 Å². The summed E-state index contributed by atoms with van der Waals surface area (Å²) in [6, 6.07) is 0. The van der Waals surface area contributed by atoms with Crippen LogP contribution in [0.3, 0.4) is 0 Å². The second-order valence-corrected chi connectivity index (χ2v) is 6.35. The summed E-state index contributed by atoms with van der Waals surface area (Å²) in [6.07, 6.45) is 27.6. The Kier molecular flexibility index (Phi) is 3.10. The second kappa shape index (κ2) is 5.09. The molecule has 0 amide bonds. The van der Waals surface area contributed by atoms with E-state index in [1.54, 1.807) is 16.7 Å². The van der Waals surface area contributed by atoms with Gasteiger partial charge in [-0.05, 0) is 54.7 Å². The molecule has 0 heteroatoms. The van der Waals surface area contributed by atoms with Crippen molar-refractivity contribution in [3.63, 3.8) is 0 Å². The van der Waals surface area contributed by atoms with Gasteiger partial charge in [-0.3, -0.25) is 0 Å². The van der Waals surface area contributed by atoms with Gasteiger partial charge in [0.1, 0.15) is 0 Å². The largest absolute Gasteiger partial charge is 0.0879 e. The number of hydrogen-bond acceptors (Lipinski definition) is 0. The molecule has 0 fully saturated rings. The van der Waals surface area contributed by atoms with E-state index in [1.807, 2.05) is 0 Å². The summed E-state index contributed by atoms with van der Waals surface area (Å²) in [5, 5.41) is 0. The molecule has 4 aliphatic rings. The highest BCUT2D eigenvalue weighted by molar-refractivity contribution is 5.53. The highest BCUT2D eigenvalue weighted by Gasteiger charge is 2.40. The van der Waals surface area contributed by atoms with Gasteiger partial charge in [0.2, 0.25) is 0 Å². The molecule has 3 atom stereocenters. The molecule has 0 aromatic rings. The van der Waals surface area contributed by atoms with Gasteiger partial charge in [0.05, 0.1) is 0 Å². The molecule has 102 valence electrons. The van der Waals surface area contributed by atoms with Gasteiger partial charge in [-0.15, -0.1) is 0 Å². The van der Waals surface area contributed by atoms with Crippen molar-refractivity contribution >= 4 is 0 Å². The molecule has 20 heavy (non-hydrogen) atoms. The van der Waals surface area contributed by atoms with Crippen LogP contribution in [-0.2, 0) is 0 Å². The first-order valence-electron chi connectivity index (χ1n) is 8.07. The highest BCUT2D eigenvalue weighted by atomic mass is 14.4. The Hall–Kier alpha value is -1.56. The molecule has 3 unspecified atom stereocenters. The smallest absolute Gasteiger partial charge is 0.00608 e. The van der Waals surface area contributed by atoms with Crippen LogP contribution in [0.5, 0.6) is 0 Å². The predicted molar refractivity (Wildman–Crippen MR) is 85.2 cm³/mol. The fraction of sp³-hybridized carbons (Fsp3) is 0.400. The first-order valence-corrected chi connectivity index (χ1v) is 8.07. The third-order valence-corrected chi connectivity index (χ3v) is 5.24. The molecule has 0 heterocycles. The average molecular weight is 262 g/mol. The van der Waals surface area contributed by atoms with E-state index in [4.69, 9.17) is 0 Å². The van der Waals surface area contributed by atoms with Gasteiger partial charge < -0.3 is 0 Å². The SMILES string of the molecule is C1=CC=C2CCCC=CC3C2=C(C=C1)C1C=CCCC13. The molecule has 4 aliphatic carbocycles. The van der Waals surface area contributed by atoms with E-state index in [2.05, 4.69) is 54.7 Å². The summed E-state index contributed by atoms with van der Waals surface area (Å²) in [6.45, 7) is 0. The first-order chi connectivity index (χ1) is 9.95. The monoisotopic (exact) mass is 262 g/mol. The van der Waals surface area contributed by atoms with Gasteiger partial charge in [-0.1, -0.05) is 54.7 Å². The topological polar surface area (TPSA) is 0 Å². The maximum atomic E-state index is 2.52. The van der Waals surface area contributed by atoms with Crippen LogP contribution < -0.4 is 0 Å². The summed E-state index contributed by atoms with van der Waals surface area (Å²) in [5.74, 6) is 2.10. The van der Waals surface area contributed by atoms with Crippen molar-refractivity contribution < 1.29 is 0 Å². The minimum absolute atomic E-state index is 0.651. The lowest BCUT2D eigenvalue weighted by molar-refractivity contribution is 0.369. The normalized spacial score (nSPS) is 34.8. The Morgan fingerprint density at radius 3 is 2.80 bits per heavy atom. The maximum Gasteiger partial charge on any atom is 0.00608 e. The summed E-state index contributed by atoms with van der Waals surface area (Å²) in [7, 11) is 0. The zero-order chi connectivity index (χ0) is 13.4. The van der Waals surface area contributed by atoms with Gasteiger partial charge in [-0.2, -0.15) is 0 Å². The lowest BCUT2D eigenvalue weighted by atomic mass is 9.77. The van der Waals surface area contributed by atoms with Gasteiger partial charge in [0.25, 0.3) is 0 Å². The summed E-state index contributed by atoms with van der Waals surface area (Å²) in [4.78, 5) is 0. The van der Waals surface area contributed by atoms with Crippen LogP contribution in [0.1, 0.15) is 32.1 Å². The molecular weight excluding hydrogens is 240 g/mol. The van der Waals surface area contributed by atoms with Crippen molar-refractivity contribution in [2.75, 3.05) is 0 Å². The van der Waals surface area contributed by atoms with Crippen LogP contribution in [0.25, 0.3) is 0 Å². The van der Waals surface area contributed by atoms with E-state index in [0.29, 0.717) is 11.8 Å². The van der Waals surface area contributed by atoms with E-state index in [0.717, 1.165) is 5.92 Å². The average Bonchev–Trinajstić information content (AvgIpc) is 2.72. The van der Waals surface area contributed by atoms with Crippen LogP contribution in [0.4, 0.5) is 0 Å². The van der Waals surface area contributed by atoms with Crippen LogP contribution in [0, 0.1) is 17.8 Å². The van der Waals surface area contributed by atoms with Crippen molar-refractivity contribution in [2.24, 2.45) is 17.8 Å². The summed E-state index contributed by atoms with van der Waals surface area (Å²) in [5.41, 5.74) is 4.85. The molecule has 0 radical (unpaired) electrons. The molecular formula is C20H22. The molecule has 0 aliphatic heterocycles. The Bertz CT molecular complexity index is 577. The molecule has 0 aromatic heterocycles. The predicted octanol–water partition coefficient (Wildman–Crippen LogP) is 5.29. The minimum atomic E-state index is 0.651. The van der Waals surface area contributed by atoms with E-state index in [1.165, 1.54) is 32.1 Å². The van der Waals surface area contributed by atoms with E-state index < -0.39 is 0 Å². The molecule has 0 saturated heterocycles. The van der Waals surface area contributed by atoms with Crippen molar-refractivity contribution in [3.8, 4) is 0 Å². The molecule has 0 N–H and O–H groups in total. The Morgan fingerprint density at radius 1 is 0.900 bits per heavy atom. The van der Waals surface area contributed by atoms with Crippen LogP contribution in [-0.4, -0.2) is 0 Å². The minimum Gasteiger partial charge on any atom is -0.0879 e. The standard InChI is InChI=1S/C20H22/c1-3-9-15-10-4-2-6-14-19-17-12-8-7-11-16(17)18(13-5-1)20(15)19/h1,3,5-7,9,11,13-14,16-17,19H,2,4,8,10,12H2. The Morgan fingerprint density at radius 2 is 1.80 bits per heavy atom. The van der Waals surface area contributed by atoms with Crippen molar-refractivity contribution in [3.05, 3.63) is 71.4 Å². The van der Waals surface area contributed by atoms with E-state index in [-0.39, 0.29) is 0 Å². The van der Waals surface area contributed by atoms with E-state index in [9.17, 15) is 0 Å². The number of fused-ring (bicyclic) bond motifs is 3. The highest BCUT2D eigenvalue weighted by Crippen LogP contribution is 2.51. The van der Waals surface area contributed by atoms with Crippen LogP contribution >= 0.6 is 0 Å². The zero-order valence-electron chi connectivity index (χ0n) is 12.0. The Balaban J connectivity index is 1.89. The summed E-state index contributed by atoms with van der Waals surface area (Å²) < 4.78 is 0. The van der Waals surface area contributed by atoms with Gasteiger partial charge in [-0.25, -0.2) is 0 Å². The number of rotatable bonds is 0. The molecule has 0 spiro atoms. The van der Waals surface area contributed by atoms with Crippen LogP contribution in [0.15, 0.2) is 71.4 Å². The van der Waals surface area contributed by atoms with E-state index >= 15 is 0 Å². The Labute approximate surface area is 122 Å². The molecule has 0 saturated carbocycles. The zero-order valence-corrected chi connectivity index (χ0v) is 12.0. The number of allylic oxidation sites excluding steroid dienone is 12. The molecule has 0 bridgehead atoms. The number of hydrogen-bond donors (Lipinski definition) is 0. The third-order valence-electron chi connectivity index (χ3n) is 5.24. The van der Waals surface area contributed by atoms with Gasteiger partial charge >= 0.3 is 0 Å². The fourth-order valence-electron chi connectivity index (χ4n) is 4.37. The van der Waals surface area contributed by atoms with Crippen molar-refractivity contribution in [1.29, 1.82) is 0 Å².